The number of aromatic nitrogens is 4. The van der Waals surface area contributed by atoms with Crippen molar-refractivity contribution in [3.63, 3.8) is 0 Å². The van der Waals surface area contributed by atoms with Gasteiger partial charge in [0.1, 0.15) is 11.6 Å². The molecule has 0 radical (unpaired) electrons. The van der Waals surface area contributed by atoms with E-state index in [-0.39, 0.29) is 11.7 Å². The summed E-state index contributed by atoms with van der Waals surface area (Å²) < 4.78 is 16.4. The first-order chi connectivity index (χ1) is 14.1. The molecule has 2 aromatic heterocycles. The molecule has 5 nitrogen and oxygen atoms in total. The van der Waals surface area contributed by atoms with Gasteiger partial charge in [0, 0.05) is 29.6 Å². The standard InChI is InChI=1S/C22H23ClFN5/c1-28-12-16-11-17(23)8-9-19(16)29-20(13-28)26-27-22(29)15-6-4-14(5-7-15)21-18(24)3-2-10-25-21/h2-3,8-11,14-15H,4-7,12-13H2,1H3. The quantitative estimate of drug-likeness (QED) is 0.605. The normalized spacial score (nSPS) is 22.0. The van der Waals surface area contributed by atoms with Gasteiger partial charge in [-0.05, 0) is 68.6 Å². The largest absolute Gasteiger partial charge is 0.295 e. The summed E-state index contributed by atoms with van der Waals surface area (Å²) in [4.78, 5) is 6.52. The predicted octanol–water partition coefficient (Wildman–Crippen LogP) is 4.84. The van der Waals surface area contributed by atoms with Crippen molar-refractivity contribution in [1.29, 1.82) is 0 Å². The number of hydrogen-bond donors (Lipinski definition) is 0. The van der Waals surface area contributed by atoms with Crippen LogP contribution in [0.4, 0.5) is 4.39 Å². The highest BCUT2D eigenvalue weighted by Crippen LogP contribution is 2.41. The zero-order valence-corrected chi connectivity index (χ0v) is 17.1. The molecule has 0 unspecified atom stereocenters. The fraction of sp³-hybridized carbons (Fsp3) is 0.409. The van der Waals surface area contributed by atoms with E-state index in [9.17, 15) is 4.39 Å². The van der Waals surface area contributed by atoms with Gasteiger partial charge in [0.25, 0.3) is 0 Å². The van der Waals surface area contributed by atoms with Crippen molar-refractivity contribution in [3.8, 4) is 5.69 Å². The molecule has 0 spiro atoms. The molecule has 0 amide bonds. The van der Waals surface area contributed by atoms with E-state index in [1.165, 1.54) is 11.6 Å². The summed E-state index contributed by atoms with van der Waals surface area (Å²) >= 11 is 6.26. The molecule has 0 atom stereocenters. The Balaban J connectivity index is 1.45. The van der Waals surface area contributed by atoms with Crippen molar-refractivity contribution in [2.45, 2.75) is 50.6 Å². The second kappa shape index (κ2) is 7.50. The number of benzene rings is 1. The van der Waals surface area contributed by atoms with Crippen LogP contribution in [0.1, 0.15) is 60.4 Å². The average molecular weight is 412 g/mol. The zero-order chi connectivity index (χ0) is 20.0. The Bertz CT molecular complexity index is 1040. The van der Waals surface area contributed by atoms with Crippen LogP contribution in [-0.2, 0) is 13.1 Å². The Hall–Kier alpha value is -2.31. The second-order valence-corrected chi connectivity index (χ2v) is 8.61. The molecule has 2 aliphatic rings. The molecule has 1 saturated carbocycles. The van der Waals surface area contributed by atoms with Crippen LogP contribution in [0.5, 0.6) is 0 Å². The number of halogens is 2. The summed E-state index contributed by atoms with van der Waals surface area (Å²) in [6, 6.07) is 9.19. The van der Waals surface area contributed by atoms with Gasteiger partial charge in [0.15, 0.2) is 5.82 Å². The van der Waals surface area contributed by atoms with Crippen molar-refractivity contribution in [2.24, 2.45) is 0 Å². The van der Waals surface area contributed by atoms with Gasteiger partial charge in [-0.15, -0.1) is 10.2 Å². The monoisotopic (exact) mass is 411 g/mol. The van der Waals surface area contributed by atoms with Gasteiger partial charge in [0.2, 0.25) is 0 Å². The predicted molar refractivity (Wildman–Crippen MR) is 110 cm³/mol. The van der Waals surface area contributed by atoms with Gasteiger partial charge in [-0.25, -0.2) is 4.39 Å². The highest BCUT2D eigenvalue weighted by molar-refractivity contribution is 6.30. The van der Waals surface area contributed by atoms with Gasteiger partial charge < -0.3 is 0 Å². The maximum Gasteiger partial charge on any atom is 0.151 e. The van der Waals surface area contributed by atoms with Crippen LogP contribution in [-0.4, -0.2) is 31.7 Å². The molecule has 0 saturated heterocycles. The highest BCUT2D eigenvalue weighted by atomic mass is 35.5. The zero-order valence-electron chi connectivity index (χ0n) is 16.4. The number of rotatable bonds is 2. The van der Waals surface area contributed by atoms with E-state index in [1.54, 1.807) is 12.3 Å². The third-order valence-corrected chi connectivity index (χ3v) is 6.39. The van der Waals surface area contributed by atoms with Crippen LogP contribution in [0.2, 0.25) is 5.02 Å². The smallest absolute Gasteiger partial charge is 0.151 e. The van der Waals surface area contributed by atoms with Crippen LogP contribution < -0.4 is 0 Å². The van der Waals surface area contributed by atoms with Gasteiger partial charge in [-0.2, -0.15) is 0 Å². The van der Waals surface area contributed by atoms with Crippen LogP contribution in [0.3, 0.4) is 0 Å². The highest BCUT2D eigenvalue weighted by Gasteiger charge is 2.31. The lowest BCUT2D eigenvalue weighted by molar-refractivity contribution is 0.315. The van der Waals surface area contributed by atoms with Crippen molar-refractivity contribution in [1.82, 2.24) is 24.6 Å². The lowest BCUT2D eigenvalue weighted by Crippen LogP contribution is -2.18. The van der Waals surface area contributed by atoms with Crippen molar-refractivity contribution < 1.29 is 4.39 Å². The number of pyridine rings is 1. The first-order valence-electron chi connectivity index (χ1n) is 10.1. The lowest BCUT2D eigenvalue weighted by atomic mass is 9.79. The van der Waals surface area contributed by atoms with E-state index in [1.807, 2.05) is 12.1 Å². The minimum Gasteiger partial charge on any atom is -0.295 e. The molecule has 1 aliphatic heterocycles. The topological polar surface area (TPSA) is 46.8 Å². The summed E-state index contributed by atoms with van der Waals surface area (Å²) in [5.74, 6) is 2.27. The second-order valence-electron chi connectivity index (χ2n) is 8.17. The van der Waals surface area contributed by atoms with Crippen LogP contribution >= 0.6 is 11.6 Å². The molecule has 1 aromatic carbocycles. The Labute approximate surface area is 174 Å². The Kier molecular flexibility index (Phi) is 4.84. The Morgan fingerprint density at radius 1 is 1.03 bits per heavy atom. The van der Waals surface area contributed by atoms with Crippen molar-refractivity contribution in [2.75, 3.05) is 7.05 Å². The SMILES string of the molecule is CN1Cc2cc(Cl)ccc2-n2c(nnc2C2CCC(c3ncccc3F)CC2)C1. The molecule has 1 fully saturated rings. The third-order valence-electron chi connectivity index (χ3n) is 6.16. The summed E-state index contributed by atoms with van der Waals surface area (Å²) in [6.45, 7) is 1.57. The summed E-state index contributed by atoms with van der Waals surface area (Å²) in [6.07, 6.45) is 5.42. The maximum atomic E-state index is 14.1. The van der Waals surface area contributed by atoms with E-state index in [4.69, 9.17) is 11.6 Å². The Morgan fingerprint density at radius 2 is 1.83 bits per heavy atom. The summed E-state index contributed by atoms with van der Waals surface area (Å²) in [5, 5.41) is 9.86. The molecular weight excluding hydrogens is 389 g/mol. The molecule has 5 rings (SSSR count). The molecule has 3 heterocycles. The van der Waals surface area contributed by atoms with Crippen LogP contribution in [0, 0.1) is 5.82 Å². The minimum absolute atomic E-state index is 0.177. The maximum absolute atomic E-state index is 14.1. The minimum atomic E-state index is -0.193. The molecule has 150 valence electrons. The van der Waals surface area contributed by atoms with Gasteiger partial charge >= 0.3 is 0 Å². The fourth-order valence-corrected chi connectivity index (χ4v) is 4.96. The molecule has 7 heteroatoms. The van der Waals surface area contributed by atoms with E-state index in [0.29, 0.717) is 11.6 Å². The average Bonchev–Trinajstić information content (AvgIpc) is 3.06. The van der Waals surface area contributed by atoms with Crippen LogP contribution in [0.25, 0.3) is 5.69 Å². The summed E-state index contributed by atoms with van der Waals surface area (Å²) in [7, 11) is 2.08. The van der Waals surface area contributed by atoms with Gasteiger partial charge in [0.05, 0.1) is 17.9 Å². The van der Waals surface area contributed by atoms with E-state index in [0.717, 1.165) is 61.1 Å². The number of hydrogen-bond acceptors (Lipinski definition) is 4. The Morgan fingerprint density at radius 3 is 2.62 bits per heavy atom. The van der Waals surface area contributed by atoms with Crippen molar-refractivity contribution >= 4 is 11.6 Å². The lowest BCUT2D eigenvalue weighted by Gasteiger charge is -2.28. The van der Waals surface area contributed by atoms with Gasteiger partial charge in [-0.1, -0.05) is 11.6 Å². The van der Waals surface area contributed by atoms with Crippen molar-refractivity contribution in [3.05, 3.63) is 70.3 Å². The molecule has 1 aliphatic carbocycles. The third kappa shape index (κ3) is 3.45. The molecular formula is C22H23ClFN5. The first kappa shape index (κ1) is 18.7. The van der Waals surface area contributed by atoms with Gasteiger partial charge in [-0.3, -0.25) is 14.5 Å². The first-order valence-corrected chi connectivity index (χ1v) is 10.5. The molecule has 3 aromatic rings. The molecule has 0 bridgehead atoms. The summed E-state index contributed by atoms with van der Waals surface area (Å²) in [5.41, 5.74) is 2.91. The van der Waals surface area contributed by atoms with E-state index in [2.05, 4.69) is 37.8 Å². The van der Waals surface area contributed by atoms with E-state index >= 15 is 0 Å². The molecule has 29 heavy (non-hydrogen) atoms. The van der Waals surface area contributed by atoms with E-state index < -0.39 is 0 Å². The van der Waals surface area contributed by atoms with Crippen LogP contribution in [0.15, 0.2) is 36.5 Å². The number of fused-ring (bicyclic) bond motifs is 3. The molecule has 0 N–H and O–H groups in total. The fourth-order valence-electron chi connectivity index (χ4n) is 4.77. The number of nitrogens with zero attached hydrogens (tertiary/aromatic N) is 5.